The molecule has 2 saturated heterocycles. The van der Waals surface area contributed by atoms with Crippen LogP contribution in [0.3, 0.4) is 0 Å². The number of guanidine groups is 1. The highest BCUT2D eigenvalue weighted by atomic mass is 16.5. The number of nitrogens with one attached hydrogen (secondary N) is 3. The van der Waals surface area contributed by atoms with Crippen LogP contribution in [0.5, 0.6) is 0 Å². The molecule has 4 rings (SSSR count). The number of amides is 1. The molecule has 3 unspecified atom stereocenters. The van der Waals surface area contributed by atoms with Gasteiger partial charge in [-0.05, 0) is 49.8 Å². The van der Waals surface area contributed by atoms with Gasteiger partial charge in [0, 0.05) is 25.2 Å². The van der Waals surface area contributed by atoms with Gasteiger partial charge in [-0.3, -0.25) is 9.79 Å². The van der Waals surface area contributed by atoms with E-state index in [1.165, 1.54) is 19.3 Å². The fourth-order valence-corrected chi connectivity index (χ4v) is 4.54. The Labute approximate surface area is 161 Å². The van der Waals surface area contributed by atoms with Crippen molar-refractivity contribution in [1.29, 1.82) is 0 Å². The Morgan fingerprint density at radius 2 is 2.07 bits per heavy atom. The molecule has 146 valence electrons. The van der Waals surface area contributed by atoms with Gasteiger partial charge in [-0.15, -0.1) is 0 Å². The van der Waals surface area contributed by atoms with Crippen LogP contribution in [0.2, 0.25) is 0 Å². The Morgan fingerprint density at radius 1 is 1.22 bits per heavy atom. The average molecular weight is 370 g/mol. The Bertz CT molecular complexity index is 699. The number of fused-ring (bicyclic) bond motifs is 2. The van der Waals surface area contributed by atoms with Gasteiger partial charge in [0.15, 0.2) is 5.96 Å². The second-order valence-corrected chi connectivity index (χ2v) is 7.96. The van der Waals surface area contributed by atoms with Crippen LogP contribution in [0.25, 0.3) is 0 Å². The minimum atomic E-state index is 0.159. The maximum Gasteiger partial charge on any atom is 0.227 e. The number of aliphatic imine (C=N–C) groups is 1. The van der Waals surface area contributed by atoms with Gasteiger partial charge in [-0.2, -0.15) is 0 Å². The number of hydrogen-bond donors (Lipinski definition) is 3. The van der Waals surface area contributed by atoms with E-state index in [4.69, 9.17) is 4.74 Å². The molecule has 1 aromatic carbocycles. The van der Waals surface area contributed by atoms with Crippen molar-refractivity contribution in [3.63, 3.8) is 0 Å². The molecule has 0 aromatic heterocycles. The van der Waals surface area contributed by atoms with Crippen LogP contribution in [0.1, 0.15) is 50.5 Å². The lowest BCUT2D eigenvalue weighted by Gasteiger charge is -2.22. The standard InChI is InChI=1S/C21H30N4O2/c1-22-21(25-18-12-17-9-10-19(18)27-17)23-13-14-5-4-8-16(11-14)24-20(26)15-6-2-3-7-15/h4-5,8,11,15,17-19H,2-3,6-7,9-10,12-13H2,1H3,(H,24,26)(H2,22,23,25). The fourth-order valence-electron chi connectivity index (χ4n) is 4.54. The summed E-state index contributed by atoms with van der Waals surface area (Å²) in [7, 11) is 1.79. The summed E-state index contributed by atoms with van der Waals surface area (Å²) in [5.74, 6) is 1.14. The topological polar surface area (TPSA) is 74.8 Å². The van der Waals surface area contributed by atoms with Crippen molar-refractivity contribution in [2.75, 3.05) is 12.4 Å². The minimum Gasteiger partial charge on any atom is -0.373 e. The Morgan fingerprint density at radius 3 is 2.78 bits per heavy atom. The maximum atomic E-state index is 12.3. The van der Waals surface area contributed by atoms with E-state index in [9.17, 15) is 4.79 Å². The molecule has 1 aromatic rings. The van der Waals surface area contributed by atoms with E-state index in [1.807, 2.05) is 18.2 Å². The molecule has 3 N–H and O–H groups in total. The van der Waals surface area contributed by atoms with E-state index in [-0.39, 0.29) is 11.8 Å². The van der Waals surface area contributed by atoms with Crippen molar-refractivity contribution < 1.29 is 9.53 Å². The molecular formula is C21H30N4O2. The highest BCUT2D eigenvalue weighted by Crippen LogP contribution is 2.34. The van der Waals surface area contributed by atoms with E-state index in [1.54, 1.807) is 7.05 Å². The first-order valence-electron chi connectivity index (χ1n) is 10.2. The summed E-state index contributed by atoms with van der Waals surface area (Å²) >= 11 is 0. The van der Waals surface area contributed by atoms with Gasteiger partial charge >= 0.3 is 0 Å². The zero-order chi connectivity index (χ0) is 18.6. The number of carbonyl (C=O) groups excluding carboxylic acids is 1. The molecule has 6 heteroatoms. The number of carbonyl (C=O) groups is 1. The number of hydrogen-bond acceptors (Lipinski definition) is 3. The SMILES string of the molecule is CN=C(NCc1cccc(NC(=O)C2CCCC2)c1)NC1CC2CCC1O2. The van der Waals surface area contributed by atoms with Crippen LogP contribution in [-0.2, 0) is 16.1 Å². The highest BCUT2D eigenvalue weighted by Gasteiger charge is 2.41. The van der Waals surface area contributed by atoms with E-state index in [0.717, 1.165) is 42.9 Å². The lowest BCUT2D eigenvalue weighted by Crippen LogP contribution is -2.47. The van der Waals surface area contributed by atoms with E-state index < -0.39 is 0 Å². The van der Waals surface area contributed by atoms with Gasteiger partial charge in [-0.1, -0.05) is 25.0 Å². The minimum absolute atomic E-state index is 0.159. The van der Waals surface area contributed by atoms with Crippen LogP contribution >= 0.6 is 0 Å². The van der Waals surface area contributed by atoms with Crippen LogP contribution in [0.4, 0.5) is 5.69 Å². The van der Waals surface area contributed by atoms with Gasteiger partial charge in [0.05, 0.1) is 18.2 Å². The third-order valence-electron chi connectivity index (χ3n) is 6.03. The van der Waals surface area contributed by atoms with Crippen molar-refractivity contribution in [2.45, 2.75) is 69.7 Å². The first-order valence-corrected chi connectivity index (χ1v) is 10.2. The average Bonchev–Trinajstić information content (AvgIpc) is 3.43. The van der Waals surface area contributed by atoms with E-state index in [0.29, 0.717) is 24.8 Å². The lowest BCUT2D eigenvalue weighted by molar-refractivity contribution is -0.119. The molecule has 6 nitrogen and oxygen atoms in total. The summed E-state index contributed by atoms with van der Waals surface area (Å²) in [6.07, 6.45) is 8.51. The third kappa shape index (κ3) is 4.43. The molecular weight excluding hydrogens is 340 g/mol. The van der Waals surface area contributed by atoms with Crippen molar-refractivity contribution in [2.24, 2.45) is 10.9 Å². The molecule has 2 bridgehead atoms. The summed E-state index contributed by atoms with van der Waals surface area (Å²) in [4.78, 5) is 16.7. The third-order valence-corrected chi connectivity index (χ3v) is 6.03. The number of rotatable bonds is 5. The Balaban J connectivity index is 1.29. The van der Waals surface area contributed by atoms with Gasteiger partial charge in [0.25, 0.3) is 0 Å². The second-order valence-electron chi connectivity index (χ2n) is 7.96. The monoisotopic (exact) mass is 370 g/mol. The quantitative estimate of drug-likeness (QED) is 0.550. The summed E-state index contributed by atoms with van der Waals surface area (Å²) in [6, 6.07) is 8.39. The zero-order valence-electron chi connectivity index (χ0n) is 16.0. The smallest absolute Gasteiger partial charge is 0.227 e. The van der Waals surface area contributed by atoms with E-state index >= 15 is 0 Å². The molecule has 3 fully saturated rings. The first kappa shape index (κ1) is 18.3. The predicted octanol–water partition coefficient (Wildman–Crippen LogP) is 2.80. The molecule has 0 spiro atoms. The molecule has 27 heavy (non-hydrogen) atoms. The molecule has 2 heterocycles. The number of ether oxygens (including phenoxy) is 1. The van der Waals surface area contributed by atoms with Crippen molar-refractivity contribution >= 4 is 17.6 Å². The molecule has 1 aliphatic carbocycles. The van der Waals surface area contributed by atoms with Crippen LogP contribution in [-0.4, -0.2) is 37.2 Å². The van der Waals surface area contributed by atoms with Crippen LogP contribution < -0.4 is 16.0 Å². The lowest BCUT2D eigenvalue weighted by atomic mass is 9.96. The maximum absolute atomic E-state index is 12.3. The molecule has 2 aliphatic heterocycles. The highest BCUT2D eigenvalue weighted by molar-refractivity contribution is 5.92. The zero-order valence-corrected chi connectivity index (χ0v) is 16.0. The summed E-state index contributed by atoms with van der Waals surface area (Å²) < 4.78 is 5.90. The second kappa shape index (κ2) is 8.30. The van der Waals surface area contributed by atoms with Gasteiger partial charge in [0.2, 0.25) is 5.91 Å². The Kier molecular flexibility index (Phi) is 5.62. The van der Waals surface area contributed by atoms with Crippen LogP contribution in [0, 0.1) is 5.92 Å². The molecule has 3 atom stereocenters. The number of benzene rings is 1. The predicted molar refractivity (Wildman–Crippen MR) is 107 cm³/mol. The first-order chi connectivity index (χ1) is 13.2. The van der Waals surface area contributed by atoms with Gasteiger partial charge < -0.3 is 20.7 Å². The van der Waals surface area contributed by atoms with Crippen LogP contribution in [0.15, 0.2) is 29.3 Å². The Hall–Kier alpha value is -2.08. The summed E-state index contributed by atoms with van der Waals surface area (Å²) in [5, 5.41) is 9.95. The molecule has 1 amide bonds. The van der Waals surface area contributed by atoms with Crippen molar-refractivity contribution in [1.82, 2.24) is 10.6 Å². The largest absolute Gasteiger partial charge is 0.373 e. The van der Waals surface area contributed by atoms with Gasteiger partial charge in [-0.25, -0.2) is 0 Å². The molecule has 0 radical (unpaired) electrons. The normalized spacial score (nSPS) is 27.7. The number of nitrogens with zero attached hydrogens (tertiary/aromatic N) is 1. The van der Waals surface area contributed by atoms with Crippen molar-refractivity contribution in [3.05, 3.63) is 29.8 Å². The summed E-state index contributed by atoms with van der Waals surface area (Å²) in [6.45, 7) is 0.661. The fraction of sp³-hybridized carbons (Fsp3) is 0.619. The number of anilines is 1. The van der Waals surface area contributed by atoms with Gasteiger partial charge in [0.1, 0.15) is 0 Å². The molecule has 3 aliphatic rings. The molecule has 1 saturated carbocycles. The van der Waals surface area contributed by atoms with E-state index in [2.05, 4.69) is 27.0 Å². The van der Waals surface area contributed by atoms with Crippen molar-refractivity contribution in [3.8, 4) is 0 Å². The summed E-state index contributed by atoms with van der Waals surface area (Å²) in [5.41, 5.74) is 1.99.